The van der Waals surface area contributed by atoms with Gasteiger partial charge in [-0.05, 0) is 18.6 Å². The highest BCUT2D eigenvalue weighted by Crippen LogP contribution is 2.35. The second-order valence-corrected chi connectivity index (χ2v) is 3.88. The number of para-hydroxylation sites is 1. The standard InChI is InChI=1S/C12H16N2O2/c1-3-8-7-11(15)14-12-9(13-8)5-4-6-10(12)16-2/h4-6,8,13H,3,7H2,1-2H3,(H,14,15). The highest BCUT2D eigenvalue weighted by molar-refractivity contribution is 5.98. The lowest BCUT2D eigenvalue weighted by atomic mass is 10.1. The molecule has 4 heteroatoms. The maximum absolute atomic E-state index is 11.7. The van der Waals surface area contributed by atoms with Crippen molar-refractivity contribution in [3.63, 3.8) is 0 Å². The van der Waals surface area contributed by atoms with Crippen LogP contribution in [0.15, 0.2) is 18.2 Å². The zero-order valence-corrected chi connectivity index (χ0v) is 9.54. The number of rotatable bonds is 2. The minimum absolute atomic E-state index is 0.0302. The summed E-state index contributed by atoms with van der Waals surface area (Å²) in [6.07, 6.45) is 1.42. The highest BCUT2D eigenvalue weighted by atomic mass is 16.5. The molecular formula is C12H16N2O2. The highest BCUT2D eigenvalue weighted by Gasteiger charge is 2.21. The van der Waals surface area contributed by atoms with Crippen molar-refractivity contribution in [1.29, 1.82) is 0 Å². The first-order chi connectivity index (χ1) is 7.74. The van der Waals surface area contributed by atoms with E-state index in [2.05, 4.69) is 17.6 Å². The van der Waals surface area contributed by atoms with Crippen LogP contribution in [0.1, 0.15) is 19.8 Å². The summed E-state index contributed by atoms with van der Waals surface area (Å²) in [6, 6.07) is 5.89. The molecule has 16 heavy (non-hydrogen) atoms. The summed E-state index contributed by atoms with van der Waals surface area (Å²) in [5, 5.41) is 6.23. The summed E-state index contributed by atoms with van der Waals surface area (Å²) in [5.41, 5.74) is 1.67. The van der Waals surface area contributed by atoms with E-state index in [-0.39, 0.29) is 11.9 Å². The van der Waals surface area contributed by atoms with Crippen LogP contribution in [0.2, 0.25) is 0 Å². The Balaban J connectivity index is 2.41. The molecule has 1 unspecified atom stereocenters. The number of carbonyl (C=O) groups excluding carboxylic acids is 1. The van der Waals surface area contributed by atoms with Gasteiger partial charge in [0.05, 0.1) is 12.8 Å². The van der Waals surface area contributed by atoms with Gasteiger partial charge in [-0.3, -0.25) is 4.79 Å². The number of hydrogen-bond acceptors (Lipinski definition) is 3. The molecule has 1 aliphatic rings. The molecule has 2 N–H and O–H groups in total. The third-order valence-electron chi connectivity index (χ3n) is 2.79. The van der Waals surface area contributed by atoms with E-state index in [1.807, 2.05) is 18.2 Å². The number of anilines is 2. The third kappa shape index (κ3) is 1.96. The lowest BCUT2D eigenvalue weighted by Gasteiger charge is -2.15. The molecule has 0 bridgehead atoms. The second-order valence-electron chi connectivity index (χ2n) is 3.88. The minimum Gasteiger partial charge on any atom is -0.494 e. The molecule has 1 atom stereocenters. The van der Waals surface area contributed by atoms with Crippen LogP contribution in [0.25, 0.3) is 0 Å². The van der Waals surface area contributed by atoms with E-state index in [0.717, 1.165) is 17.8 Å². The van der Waals surface area contributed by atoms with Crippen LogP contribution >= 0.6 is 0 Å². The van der Waals surface area contributed by atoms with E-state index in [4.69, 9.17) is 4.74 Å². The Morgan fingerprint density at radius 2 is 2.31 bits per heavy atom. The maximum atomic E-state index is 11.7. The predicted octanol–water partition coefficient (Wildman–Crippen LogP) is 2.23. The fraction of sp³-hybridized carbons (Fsp3) is 0.417. The molecule has 0 fully saturated rings. The monoisotopic (exact) mass is 220 g/mol. The van der Waals surface area contributed by atoms with Gasteiger partial charge in [-0.2, -0.15) is 0 Å². The summed E-state index contributed by atoms with van der Waals surface area (Å²) in [5.74, 6) is 0.720. The van der Waals surface area contributed by atoms with Gasteiger partial charge in [0, 0.05) is 12.5 Å². The fourth-order valence-corrected chi connectivity index (χ4v) is 1.88. The molecule has 1 aliphatic heterocycles. The van der Waals surface area contributed by atoms with Gasteiger partial charge in [0.25, 0.3) is 0 Å². The normalized spacial score (nSPS) is 19.1. The number of hydrogen-bond donors (Lipinski definition) is 2. The largest absolute Gasteiger partial charge is 0.494 e. The summed E-state index contributed by atoms with van der Waals surface area (Å²) >= 11 is 0. The van der Waals surface area contributed by atoms with E-state index in [1.54, 1.807) is 7.11 Å². The first kappa shape index (κ1) is 10.8. The summed E-state index contributed by atoms with van der Waals surface area (Å²) < 4.78 is 5.23. The van der Waals surface area contributed by atoms with Gasteiger partial charge in [-0.15, -0.1) is 0 Å². The topological polar surface area (TPSA) is 50.4 Å². The van der Waals surface area contributed by atoms with Crippen molar-refractivity contribution in [2.45, 2.75) is 25.8 Å². The van der Waals surface area contributed by atoms with E-state index in [1.165, 1.54) is 0 Å². The van der Waals surface area contributed by atoms with Crippen LogP contribution < -0.4 is 15.4 Å². The number of benzene rings is 1. The molecule has 4 nitrogen and oxygen atoms in total. The SMILES string of the molecule is CCC1CC(=O)Nc2c(cccc2OC)N1. The van der Waals surface area contributed by atoms with Gasteiger partial charge in [-0.1, -0.05) is 13.0 Å². The Morgan fingerprint density at radius 3 is 3.00 bits per heavy atom. The molecule has 0 saturated heterocycles. The first-order valence-corrected chi connectivity index (χ1v) is 5.48. The van der Waals surface area contributed by atoms with Gasteiger partial charge in [0.1, 0.15) is 11.4 Å². The molecule has 0 aliphatic carbocycles. The third-order valence-corrected chi connectivity index (χ3v) is 2.79. The van der Waals surface area contributed by atoms with E-state index < -0.39 is 0 Å². The smallest absolute Gasteiger partial charge is 0.226 e. The average molecular weight is 220 g/mol. The number of nitrogens with one attached hydrogen (secondary N) is 2. The van der Waals surface area contributed by atoms with Crippen molar-refractivity contribution in [3.05, 3.63) is 18.2 Å². The van der Waals surface area contributed by atoms with Gasteiger partial charge in [-0.25, -0.2) is 0 Å². The summed E-state index contributed by atoms with van der Waals surface area (Å²) in [7, 11) is 1.60. The average Bonchev–Trinajstić information content (AvgIpc) is 2.46. The fourth-order valence-electron chi connectivity index (χ4n) is 1.88. The van der Waals surface area contributed by atoms with Crippen molar-refractivity contribution < 1.29 is 9.53 Å². The quantitative estimate of drug-likeness (QED) is 0.803. The molecule has 0 aromatic heterocycles. The number of ether oxygens (including phenoxy) is 1. The molecule has 1 amide bonds. The molecular weight excluding hydrogens is 204 g/mol. The van der Waals surface area contributed by atoms with Crippen molar-refractivity contribution in [2.24, 2.45) is 0 Å². The Hall–Kier alpha value is -1.71. The Labute approximate surface area is 95.0 Å². The molecule has 0 spiro atoms. The van der Waals surface area contributed by atoms with Gasteiger partial charge in [0.15, 0.2) is 0 Å². The second kappa shape index (κ2) is 4.43. The van der Waals surface area contributed by atoms with Crippen LogP contribution in [0.3, 0.4) is 0 Å². The van der Waals surface area contributed by atoms with E-state index >= 15 is 0 Å². The molecule has 86 valence electrons. The van der Waals surface area contributed by atoms with Crippen LogP contribution in [-0.2, 0) is 4.79 Å². The van der Waals surface area contributed by atoms with Crippen LogP contribution in [0.5, 0.6) is 5.75 Å². The van der Waals surface area contributed by atoms with Crippen LogP contribution in [-0.4, -0.2) is 19.1 Å². The molecule has 0 radical (unpaired) electrons. The number of fused-ring (bicyclic) bond motifs is 1. The lowest BCUT2D eigenvalue weighted by Crippen LogP contribution is -2.21. The first-order valence-electron chi connectivity index (χ1n) is 5.48. The van der Waals surface area contributed by atoms with Crippen molar-refractivity contribution >= 4 is 17.3 Å². The van der Waals surface area contributed by atoms with Crippen LogP contribution in [0, 0.1) is 0 Å². The predicted molar refractivity (Wildman–Crippen MR) is 63.9 cm³/mol. The summed E-state index contributed by atoms with van der Waals surface area (Å²) in [4.78, 5) is 11.7. The molecule has 1 heterocycles. The zero-order chi connectivity index (χ0) is 11.5. The zero-order valence-electron chi connectivity index (χ0n) is 9.54. The van der Waals surface area contributed by atoms with Crippen molar-refractivity contribution in [2.75, 3.05) is 17.7 Å². The Kier molecular flexibility index (Phi) is 2.99. The van der Waals surface area contributed by atoms with E-state index in [9.17, 15) is 4.79 Å². The maximum Gasteiger partial charge on any atom is 0.226 e. The lowest BCUT2D eigenvalue weighted by molar-refractivity contribution is -0.116. The van der Waals surface area contributed by atoms with Gasteiger partial charge >= 0.3 is 0 Å². The van der Waals surface area contributed by atoms with Gasteiger partial charge in [0.2, 0.25) is 5.91 Å². The van der Waals surface area contributed by atoms with Crippen molar-refractivity contribution in [3.8, 4) is 5.75 Å². The molecule has 1 aromatic carbocycles. The number of carbonyl (C=O) groups is 1. The molecule has 1 aromatic rings. The Morgan fingerprint density at radius 1 is 1.50 bits per heavy atom. The van der Waals surface area contributed by atoms with Crippen molar-refractivity contribution in [1.82, 2.24) is 0 Å². The molecule has 2 rings (SSSR count). The van der Waals surface area contributed by atoms with Crippen LogP contribution in [0.4, 0.5) is 11.4 Å². The molecule has 0 saturated carbocycles. The van der Waals surface area contributed by atoms with Gasteiger partial charge < -0.3 is 15.4 Å². The number of amides is 1. The minimum atomic E-state index is 0.0302. The summed E-state index contributed by atoms with van der Waals surface area (Å²) in [6.45, 7) is 2.07. The Bertz CT molecular complexity index is 404. The number of methoxy groups -OCH3 is 1. The van der Waals surface area contributed by atoms with E-state index in [0.29, 0.717) is 12.2 Å².